The highest BCUT2D eigenvalue weighted by Gasteiger charge is 2.15. The summed E-state index contributed by atoms with van der Waals surface area (Å²) in [6.45, 7) is 0.498. The second-order valence-electron chi connectivity index (χ2n) is 8.71. The molecule has 0 saturated heterocycles. The van der Waals surface area contributed by atoms with Crippen molar-refractivity contribution in [3.63, 3.8) is 0 Å². The number of hydrogen-bond donors (Lipinski definition) is 5. The summed E-state index contributed by atoms with van der Waals surface area (Å²) in [5, 5.41) is 18.2. The summed E-state index contributed by atoms with van der Waals surface area (Å²) in [7, 11) is 3.48. The summed E-state index contributed by atoms with van der Waals surface area (Å²) in [6, 6.07) is 13.0. The molecule has 3 rings (SSSR count). The number of amides is 2. The summed E-state index contributed by atoms with van der Waals surface area (Å²) in [6.07, 6.45) is 6.93. The molecule has 2 amide bonds. The van der Waals surface area contributed by atoms with E-state index in [4.69, 9.17) is 21.5 Å². The molecule has 2 aromatic carbocycles. The van der Waals surface area contributed by atoms with Crippen LogP contribution in [-0.2, 0) is 4.79 Å². The fraction of sp³-hybridized carbons (Fsp3) is 0.333. The van der Waals surface area contributed by atoms with Crippen LogP contribution in [0.5, 0.6) is 5.75 Å². The van der Waals surface area contributed by atoms with Crippen molar-refractivity contribution in [1.82, 2.24) is 20.8 Å². The lowest BCUT2D eigenvalue weighted by atomic mass is 10.1. The molecule has 0 fully saturated rings. The molecule has 1 aromatic heterocycles. The molecule has 214 valence electrons. The van der Waals surface area contributed by atoms with Gasteiger partial charge in [-0.15, -0.1) is 0 Å². The molecule has 0 unspecified atom stereocenters. The number of ether oxygens (including phenoxy) is 1. The zero-order valence-electron chi connectivity index (χ0n) is 22.7. The average Bonchev–Trinajstić information content (AvgIpc) is 2.97. The minimum Gasteiger partial charge on any atom is -0.496 e. The van der Waals surface area contributed by atoms with E-state index in [2.05, 4.69) is 25.9 Å². The van der Waals surface area contributed by atoms with Crippen molar-refractivity contribution in [3.8, 4) is 5.75 Å². The maximum absolute atomic E-state index is 12.7. The Hall–Kier alpha value is -3.74. The first-order valence-electron chi connectivity index (χ1n) is 12.7. The van der Waals surface area contributed by atoms with Gasteiger partial charge in [0.25, 0.3) is 5.91 Å². The number of benzene rings is 2. The highest BCUT2D eigenvalue weighted by molar-refractivity contribution is 7.99. The van der Waals surface area contributed by atoms with Crippen molar-refractivity contribution in [3.05, 3.63) is 59.2 Å². The topological polar surface area (TPSA) is 141 Å². The zero-order chi connectivity index (χ0) is 28.9. The van der Waals surface area contributed by atoms with Gasteiger partial charge in [0.2, 0.25) is 11.9 Å². The predicted molar refractivity (Wildman–Crippen MR) is 160 cm³/mol. The number of rotatable bonds is 15. The van der Waals surface area contributed by atoms with Gasteiger partial charge in [-0.05, 0) is 37.1 Å². The molecule has 0 saturated carbocycles. The molecule has 13 heteroatoms. The van der Waals surface area contributed by atoms with E-state index in [9.17, 15) is 9.59 Å². The van der Waals surface area contributed by atoms with Crippen molar-refractivity contribution in [1.29, 1.82) is 0 Å². The molecule has 11 nitrogen and oxygen atoms in total. The van der Waals surface area contributed by atoms with Crippen LogP contribution >= 0.6 is 23.5 Å². The first-order chi connectivity index (χ1) is 19.4. The molecular formula is C27H34ClN7O4S. The van der Waals surface area contributed by atoms with Gasteiger partial charge < -0.3 is 25.0 Å². The van der Waals surface area contributed by atoms with Gasteiger partial charge in [-0.3, -0.25) is 14.8 Å². The average molecular weight is 588 g/mol. The Morgan fingerprint density at radius 3 is 2.62 bits per heavy atom. The normalized spacial score (nSPS) is 10.5. The Labute approximate surface area is 243 Å². The van der Waals surface area contributed by atoms with Gasteiger partial charge in [-0.25, -0.2) is 10.5 Å². The largest absolute Gasteiger partial charge is 0.496 e. The van der Waals surface area contributed by atoms with E-state index in [1.54, 1.807) is 35.6 Å². The third-order valence-electron chi connectivity index (χ3n) is 5.96. The van der Waals surface area contributed by atoms with E-state index in [1.165, 1.54) is 13.3 Å². The van der Waals surface area contributed by atoms with Gasteiger partial charge in [0, 0.05) is 38.0 Å². The fourth-order valence-electron chi connectivity index (χ4n) is 3.80. The van der Waals surface area contributed by atoms with Crippen LogP contribution in [0.4, 0.5) is 28.8 Å². The number of methoxy groups -OCH3 is 1. The number of aromatic nitrogens is 2. The quantitative estimate of drug-likeness (QED) is 0.0667. The SMILES string of the molecule is COc1cc(Nc2ncc(Cl)c(Nc3ccccc3N(C)SC)n2)ccc1C(=O)NCCCCCCC(=O)NO. The number of halogens is 1. The minimum absolute atomic E-state index is 0.244. The number of anilines is 5. The van der Waals surface area contributed by atoms with Gasteiger partial charge in [0.05, 0.1) is 30.2 Å². The standard InChI is InChI=1S/C27H34ClN7O4S/c1-35(40-3)22-11-8-7-10-21(22)32-25-20(28)17-30-27(33-25)31-18-13-14-19(23(16-18)39-2)26(37)29-15-9-5-4-6-12-24(36)34-38/h7-8,10-11,13-14,16-17,38H,4-6,9,12,15H2,1-3H3,(H,29,37)(H,34,36)(H2,30,31,32,33). The summed E-state index contributed by atoms with van der Waals surface area (Å²) in [5.41, 5.74) is 4.48. The Balaban J connectivity index is 1.61. The lowest BCUT2D eigenvalue weighted by Gasteiger charge is -2.20. The van der Waals surface area contributed by atoms with Crippen molar-refractivity contribution in [2.24, 2.45) is 0 Å². The predicted octanol–water partition coefficient (Wildman–Crippen LogP) is 5.53. The Bertz CT molecular complexity index is 1300. The van der Waals surface area contributed by atoms with Crippen LogP contribution in [0.2, 0.25) is 5.02 Å². The number of nitrogens with zero attached hydrogens (tertiary/aromatic N) is 3. The van der Waals surface area contributed by atoms with Crippen molar-refractivity contribution in [2.75, 3.05) is 41.9 Å². The number of hydrogen-bond acceptors (Lipinski definition) is 10. The highest BCUT2D eigenvalue weighted by atomic mass is 35.5. The van der Waals surface area contributed by atoms with Gasteiger partial charge in [0.1, 0.15) is 10.8 Å². The van der Waals surface area contributed by atoms with Crippen molar-refractivity contribution < 1.29 is 19.5 Å². The van der Waals surface area contributed by atoms with Crippen LogP contribution in [0.3, 0.4) is 0 Å². The van der Waals surface area contributed by atoms with Crippen molar-refractivity contribution >= 4 is 64.2 Å². The molecule has 1 heterocycles. The number of para-hydroxylation sites is 2. The molecule has 0 spiro atoms. The van der Waals surface area contributed by atoms with E-state index >= 15 is 0 Å². The van der Waals surface area contributed by atoms with E-state index in [0.29, 0.717) is 46.8 Å². The van der Waals surface area contributed by atoms with Gasteiger partial charge in [0.15, 0.2) is 5.82 Å². The molecular weight excluding hydrogens is 554 g/mol. The first kappa shape index (κ1) is 30.8. The van der Waals surface area contributed by atoms with Crippen molar-refractivity contribution in [2.45, 2.75) is 32.1 Å². The summed E-state index contributed by atoms with van der Waals surface area (Å²) >= 11 is 7.97. The molecule has 0 aliphatic heterocycles. The van der Waals surface area contributed by atoms with Gasteiger partial charge >= 0.3 is 0 Å². The highest BCUT2D eigenvalue weighted by Crippen LogP contribution is 2.33. The van der Waals surface area contributed by atoms with E-state index < -0.39 is 5.91 Å². The van der Waals surface area contributed by atoms with Crippen LogP contribution in [0.15, 0.2) is 48.7 Å². The van der Waals surface area contributed by atoms with Crippen LogP contribution in [0.1, 0.15) is 42.5 Å². The van der Waals surface area contributed by atoms with E-state index in [0.717, 1.165) is 30.6 Å². The summed E-state index contributed by atoms with van der Waals surface area (Å²) in [4.78, 5) is 32.6. The maximum Gasteiger partial charge on any atom is 0.255 e. The number of carbonyl (C=O) groups excluding carboxylic acids is 2. The number of hydroxylamine groups is 1. The lowest BCUT2D eigenvalue weighted by Crippen LogP contribution is -2.25. The second-order valence-corrected chi connectivity index (χ2v) is 10.0. The maximum atomic E-state index is 12.7. The van der Waals surface area contributed by atoms with E-state index in [-0.39, 0.29) is 12.3 Å². The molecule has 0 atom stereocenters. The van der Waals surface area contributed by atoms with Crippen LogP contribution in [-0.4, -0.2) is 53.9 Å². The molecule has 0 bridgehead atoms. The monoisotopic (exact) mass is 587 g/mol. The molecule has 0 aliphatic carbocycles. The fourth-order valence-corrected chi connectivity index (χ4v) is 4.29. The minimum atomic E-state index is -0.390. The Kier molecular flexibility index (Phi) is 12.1. The molecule has 0 radical (unpaired) electrons. The Morgan fingerprint density at radius 2 is 1.88 bits per heavy atom. The van der Waals surface area contributed by atoms with Crippen LogP contribution < -0.4 is 30.5 Å². The zero-order valence-corrected chi connectivity index (χ0v) is 24.2. The molecule has 3 aromatic rings. The summed E-state index contributed by atoms with van der Waals surface area (Å²) in [5.74, 6) is 0.530. The third-order valence-corrected chi connectivity index (χ3v) is 6.98. The number of carbonyl (C=O) groups is 2. The van der Waals surface area contributed by atoms with Crippen LogP contribution in [0.25, 0.3) is 0 Å². The third kappa shape index (κ3) is 8.90. The Morgan fingerprint density at radius 1 is 1.10 bits per heavy atom. The molecule has 40 heavy (non-hydrogen) atoms. The number of unbranched alkanes of at least 4 members (excludes halogenated alkanes) is 3. The smallest absolute Gasteiger partial charge is 0.255 e. The molecule has 5 N–H and O–H groups in total. The van der Waals surface area contributed by atoms with E-state index in [1.807, 2.05) is 41.9 Å². The van der Waals surface area contributed by atoms with Crippen LogP contribution in [0, 0.1) is 0 Å². The van der Waals surface area contributed by atoms with Gasteiger partial charge in [-0.2, -0.15) is 4.98 Å². The van der Waals surface area contributed by atoms with Gasteiger partial charge in [-0.1, -0.05) is 48.5 Å². The summed E-state index contributed by atoms with van der Waals surface area (Å²) < 4.78 is 7.50. The first-order valence-corrected chi connectivity index (χ1v) is 14.2. The lowest BCUT2D eigenvalue weighted by molar-refractivity contribution is -0.129. The molecule has 0 aliphatic rings. The number of nitrogens with one attached hydrogen (secondary N) is 4. The second kappa shape index (κ2) is 15.8.